The van der Waals surface area contributed by atoms with Crippen LogP contribution >= 0.6 is 11.3 Å². The Kier molecular flexibility index (Phi) is 6.01. The maximum Gasteiger partial charge on any atom is 0.257 e. The lowest BCUT2D eigenvalue weighted by atomic mass is 10.2. The second kappa shape index (κ2) is 8.20. The van der Waals surface area contributed by atoms with Crippen LogP contribution in [-0.4, -0.2) is 42.1 Å². The number of aromatic nitrogens is 2. The van der Waals surface area contributed by atoms with E-state index in [0.29, 0.717) is 35.5 Å². The third-order valence-electron chi connectivity index (χ3n) is 2.66. The minimum atomic E-state index is -0.472. The maximum atomic E-state index is 12.2. The number of carbonyl (C=O) groups excluding carboxylic acids is 2. The molecule has 2 aromatic rings. The molecular formula is C14H16N4O4S. The molecule has 2 rings (SSSR count). The number of carbonyl (C=O) groups is 2. The fraction of sp³-hybridized carbons (Fsp3) is 0.286. The van der Waals surface area contributed by atoms with Crippen molar-refractivity contribution >= 4 is 28.3 Å². The van der Waals surface area contributed by atoms with Crippen molar-refractivity contribution in [3.63, 3.8) is 0 Å². The molecule has 8 nitrogen and oxygen atoms in total. The number of amides is 2. The molecule has 2 aromatic heterocycles. The Morgan fingerprint density at radius 3 is 2.96 bits per heavy atom. The molecule has 23 heavy (non-hydrogen) atoms. The van der Waals surface area contributed by atoms with E-state index in [1.807, 2.05) is 0 Å². The summed E-state index contributed by atoms with van der Waals surface area (Å²) in [6.45, 7) is 0.775. The van der Waals surface area contributed by atoms with Crippen molar-refractivity contribution in [3.05, 3.63) is 35.0 Å². The first-order valence-electron chi connectivity index (χ1n) is 6.70. The van der Waals surface area contributed by atoms with Crippen LogP contribution in [0.1, 0.15) is 16.1 Å². The molecule has 0 saturated heterocycles. The van der Waals surface area contributed by atoms with Gasteiger partial charge in [0.1, 0.15) is 6.61 Å². The highest BCUT2D eigenvalue weighted by molar-refractivity contribution is 7.14. The number of nitrogens with one attached hydrogen (secondary N) is 1. The van der Waals surface area contributed by atoms with Gasteiger partial charge in [-0.3, -0.25) is 14.9 Å². The second-order valence-electron chi connectivity index (χ2n) is 4.47. The van der Waals surface area contributed by atoms with Crippen molar-refractivity contribution < 1.29 is 19.1 Å². The van der Waals surface area contributed by atoms with Crippen LogP contribution in [0.4, 0.5) is 5.13 Å². The Morgan fingerprint density at radius 1 is 1.39 bits per heavy atom. The first-order chi connectivity index (χ1) is 11.1. The van der Waals surface area contributed by atoms with E-state index < -0.39 is 5.91 Å². The van der Waals surface area contributed by atoms with E-state index in [2.05, 4.69) is 15.3 Å². The summed E-state index contributed by atoms with van der Waals surface area (Å²) < 4.78 is 10.2. The average Bonchev–Trinajstić information content (AvgIpc) is 2.94. The topological polar surface area (TPSA) is 116 Å². The summed E-state index contributed by atoms with van der Waals surface area (Å²) in [5.74, 6) is -0.479. The van der Waals surface area contributed by atoms with Crippen LogP contribution in [0.5, 0.6) is 5.88 Å². The fourth-order valence-corrected chi connectivity index (χ4v) is 2.36. The molecule has 2 heterocycles. The molecule has 3 N–H and O–H groups in total. The molecule has 0 radical (unpaired) electrons. The van der Waals surface area contributed by atoms with E-state index in [4.69, 9.17) is 15.2 Å². The van der Waals surface area contributed by atoms with Crippen molar-refractivity contribution in [3.8, 4) is 5.88 Å². The summed E-state index contributed by atoms with van der Waals surface area (Å²) in [5, 5.41) is 4.72. The monoisotopic (exact) mass is 336 g/mol. The van der Waals surface area contributed by atoms with E-state index in [0.717, 1.165) is 0 Å². The standard InChI is InChI=1S/C14H16N4O4S/c1-21-4-5-22-12-6-9(2-3-16-12)13(20)18-14-17-10(8-23-14)7-11(15)19/h2-3,6,8H,4-5,7H2,1H3,(H2,15,19)(H,17,18,20). The van der Waals surface area contributed by atoms with Gasteiger partial charge in [0.25, 0.3) is 5.91 Å². The Balaban J connectivity index is 1.98. The van der Waals surface area contributed by atoms with Crippen LogP contribution in [0.3, 0.4) is 0 Å². The number of pyridine rings is 1. The average molecular weight is 336 g/mol. The summed E-state index contributed by atoms with van der Waals surface area (Å²) in [6.07, 6.45) is 1.52. The van der Waals surface area contributed by atoms with Gasteiger partial charge in [-0.1, -0.05) is 0 Å². The minimum Gasteiger partial charge on any atom is -0.475 e. The molecule has 0 fully saturated rings. The summed E-state index contributed by atoms with van der Waals surface area (Å²) in [6, 6.07) is 3.10. The third-order valence-corrected chi connectivity index (χ3v) is 3.47. The SMILES string of the molecule is COCCOc1cc(C(=O)Nc2nc(CC(N)=O)cs2)ccn1. The smallest absolute Gasteiger partial charge is 0.257 e. The summed E-state index contributed by atoms with van der Waals surface area (Å²) in [4.78, 5) is 31.2. The number of rotatable bonds is 8. The molecule has 0 aliphatic heterocycles. The zero-order chi connectivity index (χ0) is 16.7. The summed E-state index contributed by atoms with van der Waals surface area (Å²) in [5.41, 5.74) is 6.01. The molecule has 0 unspecified atom stereocenters. The van der Waals surface area contributed by atoms with E-state index in [-0.39, 0.29) is 12.3 Å². The van der Waals surface area contributed by atoms with Gasteiger partial charge in [0.2, 0.25) is 11.8 Å². The quantitative estimate of drug-likeness (QED) is 0.690. The largest absolute Gasteiger partial charge is 0.475 e. The molecule has 2 amide bonds. The third kappa shape index (κ3) is 5.31. The van der Waals surface area contributed by atoms with Gasteiger partial charge < -0.3 is 15.2 Å². The van der Waals surface area contributed by atoms with Crippen LogP contribution < -0.4 is 15.8 Å². The van der Waals surface area contributed by atoms with Gasteiger partial charge in [0, 0.05) is 30.3 Å². The highest BCUT2D eigenvalue weighted by Crippen LogP contribution is 2.17. The molecule has 0 aromatic carbocycles. The lowest BCUT2D eigenvalue weighted by molar-refractivity contribution is -0.117. The van der Waals surface area contributed by atoms with Crippen molar-refractivity contribution in [2.45, 2.75) is 6.42 Å². The molecule has 0 aliphatic rings. The van der Waals surface area contributed by atoms with Crippen LogP contribution in [0.25, 0.3) is 0 Å². The Morgan fingerprint density at radius 2 is 2.22 bits per heavy atom. The van der Waals surface area contributed by atoms with Crippen LogP contribution in [0, 0.1) is 0 Å². The van der Waals surface area contributed by atoms with E-state index in [1.54, 1.807) is 18.6 Å². The van der Waals surface area contributed by atoms with E-state index in [9.17, 15) is 9.59 Å². The van der Waals surface area contributed by atoms with Crippen molar-refractivity contribution in [2.75, 3.05) is 25.6 Å². The number of thiazole rings is 1. The molecular weight excluding hydrogens is 320 g/mol. The van der Waals surface area contributed by atoms with Crippen molar-refractivity contribution in [2.24, 2.45) is 5.73 Å². The summed E-state index contributed by atoms with van der Waals surface area (Å²) in [7, 11) is 1.57. The number of ether oxygens (including phenoxy) is 2. The molecule has 0 saturated carbocycles. The van der Waals surface area contributed by atoms with Crippen LogP contribution in [0.2, 0.25) is 0 Å². The first kappa shape index (κ1) is 16.8. The summed E-state index contributed by atoms with van der Waals surface area (Å²) >= 11 is 1.22. The highest BCUT2D eigenvalue weighted by atomic mass is 32.1. The van der Waals surface area contributed by atoms with Gasteiger partial charge in [-0.2, -0.15) is 0 Å². The zero-order valence-electron chi connectivity index (χ0n) is 12.4. The van der Waals surface area contributed by atoms with Crippen LogP contribution in [0.15, 0.2) is 23.7 Å². The fourth-order valence-electron chi connectivity index (χ4n) is 1.65. The van der Waals surface area contributed by atoms with E-state index >= 15 is 0 Å². The maximum absolute atomic E-state index is 12.2. The lowest BCUT2D eigenvalue weighted by Crippen LogP contribution is -2.15. The molecule has 0 atom stereocenters. The zero-order valence-corrected chi connectivity index (χ0v) is 13.3. The first-order valence-corrected chi connectivity index (χ1v) is 7.58. The number of primary amides is 1. The minimum absolute atomic E-state index is 0.0408. The highest BCUT2D eigenvalue weighted by Gasteiger charge is 2.11. The van der Waals surface area contributed by atoms with Gasteiger partial charge in [0.15, 0.2) is 5.13 Å². The van der Waals surface area contributed by atoms with Gasteiger partial charge in [-0.15, -0.1) is 11.3 Å². The number of methoxy groups -OCH3 is 1. The predicted octanol–water partition coefficient (Wildman–Crippen LogP) is 0.843. The van der Waals surface area contributed by atoms with E-state index in [1.165, 1.54) is 23.6 Å². The van der Waals surface area contributed by atoms with Gasteiger partial charge >= 0.3 is 0 Å². The molecule has 0 spiro atoms. The van der Waals surface area contributed by atoms with Gasteiger partial charge in [-0.25, -0.2) is 9.97 Å². The molecule has 122 valence electrons. The number of nitrogens with zero attached hydrogens (tertiary/aromatic N) is 2. The molecule has 0 aliphatic carbocycles. The number of nitrogens with two attached hydrogens (primary N) is 1. The van der Waals surface area contributed by atoms with Crippen LogP contribution in [-0.2, 0) is 16.0 Å². The van der Waals surface area contributed by atoms with Gasteiger partial charge in [-0.05, 0) is 6.07 Å². The Bertz CT molecular complexity index is 689. The lowest BCUT2D eigenvalue weighted by Gasteiger charge is -2.06. The Labute approximate surface area is 136 Å². The number of hydrogen-bond donors (Lipinski definition) is 2. The molecule has 0 bridgehead atoms. The van der Waals surface area contributed by atoms with Crippen molar-refractivity contribution in [1.29, 1.82) is 0 Å². The second-order valence-corrected chi connectivity index (χ2v) is 5.32. The Hall–Kier alpha value is -2.52. The number of hydrogen-bond acceptors (Lipinski definition) is 7. The van der Waals surface area contributed by atoms with Crippen molar-refractivity contribution in [1.82, 2.24) is 9.97 Å². The predicted molar refractivity (Wildman–Crippen MR) is 84.6 cm³/mol. The number of anilines is 1. The molecule has 9 heteroatoms. The van der Waals surface area contributed by atoms with Gasteiger partial charge in [0.05, 0.1) is 18.7 Å². The normalized spacial score (nSPS) is 10.3.